The molecule has 1 atom stereocenters. The van der Waals surface area contributed by atoms with Crippen molar-refractivity contribution < 1.29 is 14.2 Å². The Balaban J connectivity index is 1.98. The van der Waals surface area contributed by atoms with Gasteiger partial charge in [-0.3, -0.25) is 0 Å². The van der Waals surface area contributed by atoms with E-state index in [2.05, 4.69) is 5.32 Å². The fraction of sp³-hybridized carbons (Fsp3) is 0.250. The summed E-state index contributed by atoms with van der Waals surface area (Å²) in [7, 11) is 1.63. The molecule has 0 bridgehead atoms. The second-order valence-electron chi connectivity index (χ2n) is 4.65. The molecule has 3 nitrogen and oxygen atoms in total. The van der Waals surface area contributed by atoms with Crippen LogP contribution in [0.4, 0.5) is 4.39 Å². The van der Waals surface area contributed by atoms with Crippen LogP contribution in [0.2, 0.25) is 0 Å². The summed E-state index contributed by atoms with van der Waals surface area (Å²) < 4.78 is 18.0. The molecular weight excluding hydrogens is 257 g/mol. The lowest BCUT2D eigenvalue weighted by Gasteiger charge is -2.16. The third-order valence-electron chi connectivity index (χ3n) is 3.23. The molecule has 0 aliphatic heterocycles. The summed E-state index contributed by atoms with van der Waals surface area (Å²) in [5.41, 5.74) is 1.79. The van der Waals surface area contributed by atoms with Gasteiger partial charge in [-0.15, -0.1) is 0 Å². The number of benzene rings is 2. The van der Waals surface area contributed by atoms with E-state index in [0.717, 1.165) is 17.4 Å². The van der Waals surface area contributed by atoms with Gasteiger partial charge >= 0.3 is 0 Å². The van der Waals surface area contributed by atoms with Crippen LogP contribution in [0.5, 0.6) is 11.5 Å². The lowest BCUT2D eigenvalue weighted by atomic mass is 10.1. The number of hydrogen-bond donors (Lipinski definition) is 2. The van der Waals surface area contributed by atoms with E-state index in [1.54, 1.807) is 13.2 Å². The molecule has 2 aromatic rings. The van der Waals surface area contributed by atoms with E-state index in [-0.39, 0.29) is 11.8 Å². The third kappa shape index (κ3) is 3.48. The summed E-state index contributed by atoms with van der Waals surface area (Å²) in [6.07, 6.45) is 0. The van der Waals surface area contributed by atoms with Crippen LogP contribution >= 0.6 is 0 Å². The monoisotopic (exact) mass is 275 g/mol. The first kappa shape index (κ1) is 14.3. The number of rotatable bonds is 5. The van der Waals surface area contributed by atoms with Crippen molar-refractivity contribution in [1.82, 2.24) is 5.32 Å². The molecule has 4 heteroatoms. The molecule has 2 rings (SSSR count). The second-order valence-corrected chi connectivity index (χ2v) is 4.65. The standard InChI is InChI=1S/C16H18FNO2/c1-11(15-8-5-13(17)9-16(15)19)18-10-12-3-6-14(20-2)7-4-12/h3-9,11,18-19H,10H2,1-2H3. The highest BCUT2D eigenvalue weighted by Gasteiger charge is 2.10. The third-order valence-corrected chi connectivity index (χ3v) is 3.23. The average Bonchev–Trinajstić information content (AvgIpc) is 2.45. The van der Waals surface area contributed by atoms with E-state index < -0.39 is 5.82 Å². The molecule has 2 N–H and O–H groups in total. The van der Waals surface area contributed by atoms with Gasteiger partial charge in [0.1, 0.15) is 17.3 Å². The van der Waals surface area contributed by atoms with E-state index in [4.69, 9.17) is 4.74 Å². The largest absolute Gasteiger partial charge is 0.508 e. The van der Waals surface area contributed by atoms with Crippen LogP contribution in [-0.2, 0) is 6.54 Å². The summed E-state index contributed by atoms with van der Waals surface area (Å²) in [6, 6.07) is 11.7. The molecule has 0 aliphatic rings. The highest BCUT2D eigenvalue weighted by atomic mass is 19.1. The number of hydrogen-bond acceptors (Lipinski definition) is 3. The molecule has 20 heavy (non-hydrogen) atoms. The van der Waals surface area contributed by atoms with Gasteiger partial charge in [-0.1, -0.05) is 18.2 Å². The Labute approximate surface area is 118 Å². The van der Waals surface area contributed by atoms with Gasteiger partial charge in [0.15, 0.2) is 0 Å². The molecule has 0 heterocycles. The van der Waals surface area contributed by atoms with Gasteiger partial charge in [-0.25, -0.2) is 4.39 Å². The molecule has 0 fully saturated rings. The average molecular weight is 275 g/mol. The minimum Gasteiger partial charge on any atom is -0.508 e. The number of methoxy groups -OCH3 is 1. The maximum absolute atomic E-state index is 12.9. The number of ether oxygens (including phenoxy) is 1. The predicted octanol–water partition coefficient (Wildman–Crippen LogP) is 3.39. The number of phenolic OH excluding ortho intramolecular Hbond substituents is 1. The first-order valence-electron chi connectivity index (χ1n) is 6.45. The molecule has 0 amide bonds. The van der Waals surface area contributed by atoms with Crippen LogP contribution in [-0.4, -0.2) is 12.2 Å². The van der Waals surface area contributed by atoms with Gasteiger partial charge in [0, 0.05) is 24.2 Å². The summed E-state index contributed by atoms with van der Waals surface area (Å²) in [6.45, 7) is 2.58. The molecule has 2 aromatic carbocycles. The van der Waals surface area contributed by atoms with Gasteiger partial charge in [0.05, 0.1) is 7.11 Å². The maximum Gasteiger partial charge on any atom is 0.126 e. The van der Waals surface area contributed by atoms with E-state index in [0.29, 0.717) is 12.1 Å². The quantitative estimate of drug-likeness (QED) is 0.879. The van der Waals surface area contributed by atoms with E-state index in [9.17, 15) is 9.50 Å². The summed E-state index contributed by atoms with van der Waals surface area (Å²) in [5, 5.41) is 13.0. The highest BCUT2D eigenvalue weighted by Crippen LogP contribution is 2.25. The Morgan fingerprint density at radius 3 is 2.50 bits per heavy atom. The van der Waals surface area contributed by atoms with Crippen LogP contribution in [0.25, 0.3) is 0 Å². The fourth-order valence-electron chi connectivity index (χ4n) is 2.01. The first-order chi connectivity index (χ1) is 9.60. The number of phenols is 1. The van der Waals surface area contributed by atoms with Gasteiger partial charge in [0.2, 0.25) is 0 Å². The molecule has 106 valence electrons. The van der Waals surface area contributed by atoms with E-state index in [1.165, 1.54) is 6.07 Å². The summed E-state index contributed by atoms with van der Waals surface area (Å²) >= 11 is 0. The maximum atomic E-state index is 12.9. The van der Waals surface area contributed by atoms with Crippen molar-refractivity contribution in [3.8, 4) is 11.5 Å². The molecule has 0 saturated heterocycles. The normalized spacial score (nSPS) is 12.2. The molecule has 1 unspecified atom stereocenters. The van der Waals surface area contributed by atoms with Crippen molar-refractivity contribution in [1.29, 1.82) is 0 Å². The molecular formula is C16H18FNO2. The molecule has 0 aromatic heterocycles. The first-order valence-corrected chi connectivity index (χ1v) is 6.45. The van der Waals surface area contributed by atoms with E-state index >= 15 is 0 Å². The van der Waals surface area contributed by atoms with Crippen molar-refractivity contribution in [2.45, 2.75) is 19.5 Å². The minimum absolute atomic E-state index is 0.0280. The summed E-state index contributed by atoms with van der Waals surface area (Å²) in [5.74, 6) is 0.353. The highest BCUT2D eigenvalue weighted by molar-refractivity contribution is 5.35. The van der Waals surface area contributed by atoms with Crippen LogP contribution in [0, 0.1) is 5.82 Å². The Morgan fingerprint density at radius 1 is 1.20 bits per heavy atom. The predicted molar refractivity (Wildman–Crippen MR) is 76.3 cm³/mol. The zero-order chi connectivity index (χ0) is 14.5. The Bertz CT molecular complexity index is 569. The zero-order valence-electron chi connectivity index (χ0n) is 11.6. The van der Waals surface area contributed by atoms with Gasteiger partial charge < -0.3 is 15.2 Å². The van der Waals surface area contributed by atoms with Crippen LogP contribution in [0.15, 0.2) is 42.5 Å². The molecule has 0 spiro atoms. The summed E-state index contributed by atoms with van der Waals surface area (Å²) in [4.78, 5) is 0. The lowest BCUT2D eigenvalue weighted by Crippen LogP contribution is -2.18. The van der Waals surface area contributed by atoms with Crippen molar-refractivity contribution in [3.63, 3.8) is 0 Å². The van der Waals surface area contributed by atoms with Crippen molar-refractivity contribution in [2.75, 3.05) is 7.11 Å². The molecule has 0 aliphatic carbocycles. The van der Waals surface area contributed by atoms with Crippen LogP contribution < -0.4 is 10.1 Å². The van der Waals surface area contributed by atoms with Crippen molar-refractivity contribution in [2.24, 2.45) is 0 Å². The van der Waals surface area contributed by atoms with Gasteiger partial charge in [-0.2, -0.15) is 0 Å². The molecule has 0 saturated carbocycles. The van der Waals surface area contributed by atoms with Gasteiger partial charge in [0.25, 0.3) is 0 Å². The number of halogens is 1. The number of aromatic hydroxyl groups is 1. The number of nitrogens with one attached hydrogen (secondary N) is 1. The Morgan fingerprint density at radius 2 is 1.90 bits per heavy atom. The topological polar surface area (TPSA) is 41.5 Å². The fourth-order valence-corrected chi connectivity index (χ4v) is 2.01. The molecule has 0 radical (unpaired) electrons. The SMILES string of the molecule is COc1ccc(CNC(C)c2ccc(F)cc2O)cc1. The Kier molecular flexibility index (Phi) is 4.58. The van der Waals surface area contributed by atoms with E-state index in [1.807, 2.05) is 31.2 Å². The smallest absolute Gasteiger partial charge is 0.126 e. The second kappa shape index (κ2) is 6.39. The van der Waals surface area contributed by atoms with Crippen molar-refractivity contribution in [3.05, 3.63) is 59.4 Å². The van der Waals surface area contributed by atoms with Crippen LogP contribution in [0.3, 0.4) is 0 Å². The van der Waals surface area contributed by atoms with Crippen LogP contribution in [0.1, 0.15) is 24.1 Å². The van der Waals surface area contributed by atoms with Gasteiger partial charge in [-0.05, 0) is 30.7 Å². The lowest BCUT2D eigenvalue weighted by molar-refractivity contribution is 0.414. The zero-order valence-corrected chi connectivity index (χ0v) is 11.6. The minimum atomic E-state index is -0.436. The van der Waals surface area contributed by atoms with Crippen molar-refractivity contribution >= 4 is 0 Å². The Hall–Kier alpha value is -2.07.